The molecule has 2 fully saturated rings. The molecule has 0 aromatic carbocycles. The molecule has 2 atom stereocenters. The maximum Gasteiger partial charge on any atom is 0.224 e. The second-order valence-corrected chi connectivity index (χ2v) is 7.73. The molecule has 0 aromatic heterocycles. The Kier molecular flexibility index (Phi) is 4.14. The summed E-state index contributed by atoms with van der Waals surface area (Å²) in [4.78, 5) is 15.8. The number of nitrogens with two attached hydrogens (primary N) is 1. The van der Waals surface area contributed by atoms with Crippen molar-refractivity contribution in [3.63, 3.8) is 0 Å². The van der Waals surface area contributed by atoms with Crippen molar-refractivity contribution in [3.8, 4) is 0 Å². The molecule has 1 aliphatic carbocycles. The number of primary amides is 1. The highest BCUT2D eigenvalue weighted by atomic mass is 32.2. The molecule has 3 N–H and O–H groups in total. The Labute approximate surface area is 120 Å². The Bertz CT molecular complexity index is 394. The zero-order valence-electron chi connectivity index (χ0n) is 12.2. The first-order valence-corrected chi connectivity index (χ1v) is 8.07. The van der Waals surface area contributed by atoms with Crippen molar-refractivity contribution in [1.82, 2.24) is 5.32 Å². The third kappa shape index (κ3) is 3.44. The molecule has 1 spiro atoms. The van der Waals surface area contributed by atoms with Gasteiger partial charge in [0.05, 0.1) is 12.0 Å². The average molecular weight is 283 g/mol. The summed E-state index contributed by atoms with van der Waals surface area (Å²) in [5, 5.41) is 4.60. The molecule has 1 heterocycles. The Morgan fingerprint density at radius 2 is 2.37 bits per heavy atom. The SMILES string of the molecule is CC1CCCC2(CSC(=NCC(C)(C)C(N)=O)N2)C1. The number of amides is 1. The molecule has 5 heteroatoms. The lowest BCUT2D eigenvalue weighted by Gasteiger charge is -2.36. The van der Waals surface area contributed by atoms with Crippen molar-refractivity contribution in [1.29, 1.82) is 0 Å². The number of hydrogen-bond acceptors (Lipinski definition) is 3. The molecule has 2 aliphatic rings. The van der Waals surface area contributed by atoms with Gasteiger partial charge < -0.3 is 11.1 Å². The maximum atomic E-state index is 11.3. The molecular weight excluding hydrogens is 258 g/mol. The Morgan fingerprint density at radius 3 is 3.00 bits per heavy atom. The van der Waals surface area contributed by atoms with Crippen LogP contribution in [0.4, 0.5) is 0 Å². The van der Waals surface area contributed by atoms with Crippen LogP contribution in [0, 0.1) is 11.3 Å². The minimum absolute atomic E-state index is 0.248. The third-order valence-corrected chi connectivity index (χ3v) is 5.44. The fraction of sp³-hybridized carbons (Fsp3) is 0.857. The van der Waals surface area contributed by atoms with Crippen molar-refractivity contribution in [2.45, 2.75) is 52.0 Å². The molecule has 1 amide bonds. The number of rotatable bonds is 3. The van der Waals surface area contributed by atoms with Gasteiger partial charge in [0.2, 0.25) is 5.91 Å². The van der Waals surface area contributed by atoms with Gasteiger partial charge in [-0.2, -0.15) is 0 Å². The highest BCUT2D eigenvalue weighted by Gasteiger charge is 2.40. The number of nitrogens with zero attached hydrogens (tertiary/aromatic N) is 1. The minimum atomic E-state index is -0.565. The number of hydrogen-bond donors (Lipinski definition) is 2. The van der Waals surface area contributed by atoms with E-state index in [9.17, 15) is 4.79 Å². The second kappa shape index (κ2) is 5.35. The summed E-state index contributed by atoms with van der Waals surface area (Å²) >= 11 is 1.79. The summed E-state index contributed by atoms with van der Waals surface area (Å²) < 4.78 is 0. The molecule has 2 unspecified atom stereocenters. The van der Waals surface area contributed by atoms with E-state index in [-0.39, 0.29) is 11.4 Å². The molecule has 0 radical (unpaired) electrons. The van der Waals surface area contributed by atoms with E-state index in [2.05, 4.69) is 17.2 Å². The van der Waals surface area contributed by atoms with E-state index in [1.54, 1.807) is 11.8 Å². The predicted octanol–water partition coefficient (Wildman–Crippen LogP) is 2.14. The molecular formula is C14H25N3OS. The van der Waals surface area contributed by atoms with Gasteiger partial charge in [-0.25, -0.2) is 0 Å². The summed E-state index contributed by atoms with van der Waals surface area (Å²) in [7, 11) is 0. The summed E-state index contributed by atoms with van der Waals surface area (Å²) in [6.45, 7) is 6.48. The van der Waals surface area contributed by atoms with Crippen LogP contribution in [0.2, 0.25) is 0 Å². The highest BCUT2D eigenvalue weighted by Crippen LogP contribution is 2.38. The van der Waals surface area contributed by atoms with E-state index in [0.717, 1.165) is 16.8 Å². The van der Waals surface area contributed by atoms with Crippen molar-refractivity contribution >= 4 is 22.8 Å². The minimum Gasteiger partial charge on any atom is -0.369 e. The normalized spacial score (nSPS) is 33.6. The molecule has 2 rings (SSSR count). The van der Waals surface area contributed by atoms with Crippen molar-refractivity contribution in [2.75, 3.05) is 12.3 Å². The van der Waals surface area contributed by atoms with Crippen LogP contribution in [0.25, 0.3) is 0 Å². The van der Waals surface area contributed by atoms with Crippen LogP contribution in [0.1, 0.15) is 46.5 Å². The first-order valence-electron chi connectivity index (χ1n) is 7.08. The van der Waals surface area contributed by atoms with Crippen LogP contribution in [0.5, 0.6) is 0 Å². The van der Waals surface area contributed by atoms with Crippen molar-refractivity contribution in [3.05, 3.63) is 0 Å². The first-order chi connectivity index (χ1) is 8.83. The summed E-state index contributed by atoms with van der Waals surface area (Å²) in [6, 6.07) is 0. The van der Waals surface area contributed by atoms with Gasteiger partial charge in [-0.15, -0.1) is 0 Å². The Morgan fingerprint density at radius 1 is 1.63 bits per heavy atom. The largest absolute Gasteiger partial charge is 0.369 e. The fourth-order valence-electron chi connectivity index (χ4n) is 2.84. The molecule has 1 saturated heterocycles. The average Bonchev–Trinajstić information content (AvgIpc) is 2.69. The topological polar surface area (TPSA) is 67.5 Å². The van der Waals surface area contributed by atoms with Gasteiger partial charge in [-0.1, -0.05) is 31.5 Å². The molecule has 0 aromatic rings. The zero-order valence-corrected chi connectivity index (χ0v) is 13.0. The van der Waals surface area contributed by atoms with Crippen LogP contribution >= 0.6 is 11.8 Å². The number of amidine groups is 1. The summed E-state index contributed by atoms with van der Waals surface area (Å²) in [5.41, 5.74) is 5.06. The van der Waals surface area contributed by atoms with Gasteiger partial charge >= 0.3 is 0 Å². The number of aliphatic imine (C=N–C) groups is 1. The van der Waals surface area contributed by atoms with Crippen LogP contribution in [-0.2, 0) is 4.79 Å². The van der Waals surface area contributed by atoms with E-state index >= 15 is 0 Å². The number of carbonyl (C=O) groups is 1. The highest BCUT2D eigenvalue weighted by molar-refractivity contribution is 8.14. The Balaban J connectivity index is 1.96. The van der Waals surface area contributed by atoms with E-state index in [1.165, 1.54) is 25.7 Å². The van der Waals surface area contributed by atoms with Gasteiger partial charge in [0.1, 0.15) is 0 Å². The first kappa shape index (κ1) is 14.7. The van der Waals surface area contributed by atoms with E-state index in [4.69, 9.17) is 5.73 Å². The smallest absolute Gasteiger partial charge is 0.224 e. The summed E-state index contributed by atoms with van der Waals surface area (Å²) in [6.07, 6.45) is 5.12. The van der Waals surface area contributed by atoms with Crippen LogP contribution in [0.3, 0.4) is 0 Å². The van der Waals surface area contributed by atoms with Crippen LogP contribution in [-0.4, -0.2) is 28.9 Å². The maximum absolute atomic E-state index is 11.3. The third-order valence-electron chi connectivity index (χ3n) is 4.23. The van der Waals surface area contributed by atoms with Gasteiger partial charge in [0, 0.05) is 11.3 Å². The van der Waals surface area contributed by atoms with Crippen molar-refractivity contribution < 1.29 is 4.79 Å². The van der Waals surface area contributed by atoms with Gasteiger partial charge in [-0.3, -0.25) is 9.79 Å². The lowest BCUT2D eigenvalue weighted by atomic mass is 9.78. The van der Waals surface area contributed by atoms with E-state index < -0.39 is 5.41 Å². The number of carbonyl (C=O) groups excluding carboxylic acids is 1. The van der Waals surface area contributed by atoms with E-state index in [0.29, 0.717) is 6.54 Å². The van der Waals surface area contributed by atoms with E-state index in [1.807, 2.05) is 13.8 Å². The number of nitrogens with one attached hydrogen (secondary N) is 1. The monoisotopic (exact) mass is 283 g/mol. The molecule has 19 heavy (non-hydrogen) atoms. The zero-order chi connectivity index (χ0) is 14.1. The van der Waals surface area contributed by atoms with Gasteiger partial charge in [0.15, 0.2) is 5.17 Å². The lowest BCUT2D eigenvalue weighted by Crippen LogP contribution is -2.47. The second-order valence-electron chi connectivity index (χ2n) is 6.77. The van der Waals surface area contributed by atoms with Gasteiger partial charge in [0.25, 0.3) is 0 Å². The fourth-order valence-corrected chi connectivity index (χ4v) is 4.03. The molecule has 0 bridgehead atoms. The predicted molar refractivity (Wildman–Crippen MR) is 81.2 cm³/mol. The molecule has 1 aliphatic heterocycles. The summed E-state index contributed by atoms with van der Waals surface area (Å²) in [5.74, 6) is 1.61. The molecule has 1 saturated carbocycles. The van der Waals surface area contributed by atoms with Gasteiger partial charge in [-0.05, 0) is 32.6 Å². The molecule has 108 valence electrons. The molecule has 4 nitrogen and oxygen atoms in total. The number of thioether (sulfide) groups is 1. The Hall–Kier alpha value is -0.710. The lowest BCUT2D eigenvalue weighted by molar-refractivity contribution is -0.125. The quantitative estimate of drug-likeness (QED) is 0.834. The van der Waals surface area contributed by atoms with Crippen molar-refractivity contribution in [2.24, 2.45) is 22.1 Å². The standard InChI is InChI=1S/C14H25N3OS/c1-10-5-4-6-14(7-10)9-19-12(17-14)16-8-13(2,3)11(15)18/h10H,4-9H2,1-3H3,(H2,15,18)(H,16,17). The van der Waals surface area contributed by atoms with Crippen LogP contribution in [0.15, 0.2) is 4.99 Å². The van der Waals surface area contributed by atoms with Crippen LogP contribution < -0.4 is 11.1 Å².